The van der Waals surface area contributed by atoms with Crippen molar-refractivity contribution in [2.45, 2.75) is 9.79 Å². The third-order valence-corrected chi connectivity index (χ3v) is 5.61. The maximum absolute atomic E-state index is 12.6. The SMILES string of the molecule is COc1ccc(N(N)c2ccc(S(=O)(=O)c3ccccc3)cc2)cc1. The molecule has 0 aliphatic heterocycles. The largest absolute Gasteiger partial charge is 0.497 e. The van der Waals surface area contributed by atoms with E-state index < -0.39 is 9.84 Å². The van der Waals surface area contributed by atoms with Gasteiger partial charge in [-0.05, 0) is 60.7 Å². The van der Waals surface area contributed by atoms with Crippen molar-refractivity contribution in [3.63, 3.8) is 0 Å². The smallest absolute Gasteiger partial charge is 0.206 e. The summed E-state index contributed by atoms with van der Waals surface area (Å²) < 4.78 is 30.3. The number of anilines is 2. The summed E-state index contributed by atoms with van der Waals surface area (Å²) in [6, 6.07) is 22.1. The number of benzene rings is 3. The zero-order valence-electron chi connectivity index (χ0n) is 13.7. The quantitative estimate of drug-likeness (QED) is 0.560. The molecule has 0 radical (unpaired) electrons. The average Bonchev–Trinajstić information content (AvgIpc) is 2.68. The van der Waals surface area contributed by atoms with Crippen LogP contribution in [0.4, 0.5) is 11.4 Å². The molecule has 0 unspecified atom stereocenters. The number of methoxy groups -OCH3 is 1. The standard InChI is InChI=1S/C19H18N2O3S/c1-24-17-11-7-15(8-12-17)21(20)16-9-13-19(14-10-16)25(22,23)18-5-3-2-4-6-18/h2-14H,20H2,1H3. The highest BCUT2D eigenvalue weighted by atomic mass is 32.2. The van der Waals surface area contributed by atoms with Gasteiger partial charge in [0.15, 0.2) is 0 Å². The number of sulfone groups is 1. The van der Waals surface area contributed by atoms with Crippen LogP contribution >= 0.6 is 0 Å². The number of hydrazine groups is 1. The lowest BCUT2D eigenvalue weighted by Gasteiger charge is -2.19. The molecule has 0 heterocycles. The molecule has 0 aliphatic rings. The molecule has 0 aliphatic carbocycles. The molecule has 3 rings (SSSR count). The molecule has 0 aromatic heterocycles. The van der Waals surface area contributed by atoms with E-state index in [2.05, 4.69) is 0 Å². The molecule has 0 atom stereocenters. The Bertz CT molecular complexity index is 938. The van der Waals surface area contributed by atoms with Gasteiger partial charge in [0, 0.05) is 0 Å². The Labute approximate surface area is 147 Å². The number of ether oxygens (including phenoxy) is 1. The van der Waals surface area contributed by atoms with Gasteiger partial charge >= 0.3 is 0 Å². The highest BCUT2D eigenvalue weighted by Gasteiger charge is 2.17. The van der Waals surface area contributed by atoms with Crippen LogP contribution in [-0.2, 0) is 9.84 Å². The van der Waals surface area contributed by atoms with E-state index in [9.17, 15) is 8.42 Å². The predicted molar refractivity (Wildman–Crippen MR) is 97.7 cm³/mol. The van der Waals surface area contributed by atoms with Crippen molar-refractivity contribution in [3.8, 4) is 5.75 Å². The first-order chi connectivity index (χ1) is 12.0. The van der Waals surface area contributed by atoms with Crippen LogP contribution in [0.2, 0.25) is 0 Å². The first-order valence-electron chi connectivity index (χ1n) is 7.61. The number of hydrogen-bond acceptors (Lipinski definition) is 5. The van der Waals surface area contributed by atoms with Gasteiger partial charge in [-0.2, -0.15) is 0 Å². The Morgan fingerprint density at radius 1 is 0.760 bits per heavy atom. The van der Waals surface area contributed by atoms with Crippen LogP contribution in [0.15, 0.2) is 88.7 Å². The lowest BCUT2D eigenvalue weighted by molar-refractivity contribution is 0.415. The van der Waals surface area contributed by atoms with E-state index >= 15 is 0 Å². The number of rotatable bonds is 5. The van der Waals surface area contributed by atoms with Gasteiger partial charge in [-0.1, -0.05) is 18.2 Å². The van der Waals surface area contributed by atoms with Gasteiger partial charge in [0.05, 0.1) is 28.3 Å². The maximum atomic E-state index is 12.6. The summed E-state index contributed by atoms with van der Waals surface area (Å²) >= 11 is 0. The minimum absolute atomic E-state index is 0.227. The molecule has 0 fully saturated rings. The molecule has 0 saturated carbocycles. The summed E-state index contributed by atoms with van der Waals surface area (Å²) in [5.41, 5.74) is 1.44. The van der Waals surface area contributed by atoms with E-state index in [1.807, 2.05) is 24.3 Å². The van der Waals surface area contributed by atoms with Crippen molar-refractivity contribution in [3.05, 3.63) is 78.9 Å². The zero-order valence-corrected chi connectivity index (χ0v) is 14.5. The maximum Gasteiger partial charge on any atom is 0.206 e. The van der Waals surface area contributed by atoms with Crippen LogP contribution in [0.1, 0.15) is 0 Å². The molecule has 0 spiro atoms. The molecule has 0 amide bonds. The summed E-state index contributed by atoms with van der Waals surface area (Å²) in [5.74, 6) is 6.86. The fraction of sp³-hybridized carbons (Fsp3) is 0.0526. The van der Waals surface area contributed by atoms with E-state index in [1.165, 1.54) is 5.01 Å². The van der Waals surface area contributed by atoms with Gasteiger partial charge in [-0.15, -0.1) is 0 Å². The van der Waals surface area contributed by atoms with Crippen molar-refractivity contribution in [2.24, 2.45) is 5.84 Å². The Morgan fingerprint density at radius 2 is 1.24 bits per heavy atom. The van der Waals surface area contributed by atoms with Crippen molar-refractivity contribution in [2.75, 3.05) is 12.1 Å². The molecule has 6 heteroatoms. The zero-order chi connectivity index (χ0) is 17.9. The van der Waals surface area contributed by atoms with Crippen molar-refractivity contribution in [1.29, 1.82) is 0 Å². The fourth-order valence-electron chi connectivity index (χ4n) is 2.41. The molecular weight excluding hydrogens is 336 g/mol. The van der Waals surface area contributed by atoms with Crippen molar-refractivity contribution >= 4 is 21.2 Å². The lowest BCUT2D eigenvalue weighted by atomic mass is 10.2. The molecule has 3 aromatic rings. The Kier molecular flexibility index (Phi) is 4.74. The molecule has 5 nitrogen and oxygen atoms in total. The highest BCUT2D eigenvalue weighted by molar-refractivity contribution is 7.91. The van der Waals surface area contributed by atoms with E-state index in [-0.39, 0.29) is 9.79 Å². The Balaban J connectivity index is 1.86. The van der Waals surface area contributed by atoms with Gasteiger partial charge in [0.25, 0.3) is 0 Å². The van der Waals surface area contributed by atoms with Crippen LogP contribution in [0.3, 0.4) is 0 Å². The van der Waals surface area contributed by atoms with E-state index in [1.54, 1.807) is 61.7 Å². The summed E-state index contributed by atoms with van der Waals surface area (Å²) in [5, 5.41) is 1.48. The molecular formula is C19H18N2O3S. The number of nitrogens with two attached hydrogens (primary N) is 1. The normalized spacial score (nSPS) is 11.1. The Morgan fingerprint density at radius 3 is 1.76 bits per heavy atom. The van der Waals surface area contributed by atoms with Crippen LogP contribution in [0.25, 0.3) is 0 Å². The predicted octanol–water partition coefficient (Wildman–Crippen LogP) is 3.54. The van der Waals surface area contributed by atoms with Crippen LogP contribution in [0.5, 0.6) is 5.75 Å². The molecule has 25 heavy (non-hydrogen) atoms. The third kappa shape index (κ3) is 3.50. The second-order valence-corrected chi connectivity index (χ2v) is 7.33. The van der Waals surface area contributed by atoms with Gasteiger partial charge < -0.3 is 4.74 Å². The van der Waals surface area contributed by atoms with Crippen LogP contribution < -0.4 is 15.6 Å². The monoisotopic (exact) mass is 354 g/mol. The van der Waals surface area contributed by atoms with E-state index in [0.717, 1.165) is 11.4 Å². The molecule has 0 bridgehead atoms. The molecule has 2 N–H and O–H groups in total. The number of nitrogens with zero attached hydrogens (tertiary/aromatic N) is 1. The fourth-order valence-corrected chi connectivity index (χ4v) is 3.70. The highest BCUT2D eigenvalue weighted by Crippen LogP contribution is 2.27. The molecule has 3 aromatic carbocycles. The van der Waals surface area contributed by atoms with Gasteiger partial charge in [0.1, 0.15) is 5.75 Å². The summed E-state index contributed by atoms with van der Waals surface area (Å²) in [6.45, 7) is 0. The van der Waals surface area contributed by atoms with E-state index in [0.29, 0.717) is 5.69 Å². The molecule has 0 saturated heterocycles. The number of hydrogen-bond donors (Lipinski definition) is 1. The summed E-state index contributed by atoms with van der Waals surface area (Å²) in [4.78, 5) is 0.494. The first-order valence-corrected chi connectivity index (χ1v) is 9.10. The summed E-state index contributed by atoms with van der Waals surface area (Å²) in [6.07, 6.45) is 0. The summed E-state index contributed by atoms with van der Waals surface area (Å²) in [7, 11) is -1.93. The van der Waals surface area contributed by atoms with Crippen LogP contribution in [-0.4, -0.2) is 15.5 Å². The minimum Gasteiger partial charge on any atom is -0.497 e. The lowest BCUT2D eigenvalue weighted by Crippen LogP contribution is -2.24. The van der Waals surface area contributed by atoms with Crippen LogP contribution in [0, 0.1) is 0 Å². The van der Waals surface area contributed by atoms with E-state index in [4.69, 9.17) is 10.6 Å². The topological polar surface area (TPSA) is 72.6 Å². The van der Waals surface area contributed by atoms with Crippen molar-refractivity contribution in [1.82, 2.24) is 0 Å². The second-order valence-electron chi connectivity index (χ2n) is 5.38. The van der Waals surface area contributed by atoms with Gasteiger partial charge in [-0.25, -0.2) is 14.3 Å². The average molecular weight is 354 g/mol. The molecule has 128 valence electrons. The Hall–Kier alpha value is -2.83. The second kappa shape index (κ2) is 6.96. The van der Waals surface area contributed by atoms with Crippen molar-refractivity contribution < 1.29 is 13.2 Å². The third-order valence-electron chi connectivity index (χ3n) is 3.83. The van der Waals surface area contributed by atoms with Gasteiger partial charge in [0.2, 0.25) is 9.84 Å². The minimum atomic E-state index is -3.53. The first kappa shape index (κ1) is 17.0. The van der Waals surface area contributed by atoms with Gasteiger partial charge in [-0.3, -0.25) is 5.01 Å².